The highest BCUT2D eigenvalue weighted by Gasteiger charge is 2.23. The van der Waals surface area contributed by atoms with Gasteiger partial charge in [0.1, 0.15) is 0 Å². The molecule has 0 aliphatic rings. The van der Waals surface area contributed by atoms with Crippen LogP contribution in [0.25, 0.3) is 0 Å². The maximum Gasteiger partial charge on any atom is 0.231 e. The van der Waals surface area contributed by atoms with Gasteiger partial charge in [-0.05, 0) is 16.2 Å². The van der Waals surface area contributed by atoms with E-state index >= 15 is 0 Å². The first-order chi connectivity index (χ1) is 12.0. The second-order valence-electron chi connectivity index (χ2n) is 11.5. The van der Waals surface area contributed by atoms with Crippen molar-refractivity contribution in [3.8, 4) is 0 Å². The Morgan fingerprint density at radius 3 is 0.815 bits per heavy atom. The van der Waals surface area contributed by atoms with Gasteiger partial charge in [0.05, 0.1) is 0 Å². The van der Waals surface area contributed by atoms with Gasteiger partial charge in [-0.15, -0.1) is 0 Å². The molecule has 1 aromatic heterocycles. The minimum atomic E-state index is 0.163. The predicted molar refractivity (Wildman–Crippen MR) is 118 cm³/mol. The number of hydrogen-bond acceptors (Lipinski definition) is 6. The fourth-order valence-corrected chi connectivity index (χ4v) is 3.20. The van der Waals surface area contributed by atoms with E-state index < -0.39 is 0 Å². The smallest absolute Gasteiger partial charge is 0.231 e. The van der Waals surface area contributed by atoms with Crippen molar-refractivity contribution in [1.82, 2.24) is 15.0 Å². The summed E-state index contributed by atoms with van der Waals surface area (Å²) in [5.74, 6) is 2.18. The molecule has 0 bridgehead atoms. The van der Waals surface area contributed by atoms with Crippen LogP contribution in [0.15, 0.2) is 0 Å². The van der Waals surface area contributed by atoms with Crippen LogP contribution in [0, 0.1) is 16.2 Å². The highest BCUT2D eigenvalue weighted by Crippen LogP contribution is 2.25. The first-order valence-corrected chi connectivity index (χ1v) is 9.86. The van der Waals surface area contributed by atoms with E-state index in [0.717, 1.165) is 37.5 Å². The summed E-state index contributed by atoms with van der Waals surface area (Å²) in [6, 6.07) is 0. The Labute approximate surface area is 167 Å². The third-order valence-corrected chi connectivity index (χ3v) is 3.76. The van der Waals surface area contributed by atoms with E-state index in [4.69, 9.17) is 15.0 Å². The van der Waals surface area contributed by atoms with Crippen molar-refractivity contribution in [3.05, 3.63) is 0 Å². The summed E-state index contributed by atoms with van der Waals surface area (Å²) < 4.78 is 0. The van der Waals surface area contributed by atoms with Crippen LogP contribution in [0.2, 0.25) is 0 Å². The Balaban J connectivity index is 3.29. The summed E-state index contributed by atoms with van der Waals surface area (Å²) in [6.07, 6.45) is 0. The van der Waals surface area contributed by atoms with Gasteiger partial charge in [-0.3, -0.25) is 0 Å². The van der Waals surface area contributed by atoms with Gasteiger partial charge in [-0.25, -0.2) is 0 Å². The van der Waals surface area contributed by atoms with Crippen LogP contribution in [0.5, 0.6) is 0 Å². The van der Waals surface area contributed by atoms with Crippen LogP contribution in [0.4, 0.5) is 17.8 Å². The molecule has 0 spiro atoms. The van der Waals surface area contributed by atoms with Crippen LogP contribution in [-0.2, 0) is 0 Å². The van der Waals surface area contributed by atoms with E-state index in [9.17, 15) is 0 Å². The average Bonchev–Trinajstić information content (AvgIpc) is 2.41. The van der Waals surface area contributed by atoms with Gasteiger partial charge in [0, 0.05) is 40.8 Å². The molecule has 156 valence electrons. The summed E-state index contributed by atoms with van der Waals surface area (Å²) >= 11 is 0. The molecule has 1 aromatic rings. The van der Waals surface area contributed by atoms with Crippen molar-refractivity contribution in [3.63, 3.8) is 0 Å². The van der Waals surface area contributed by atoms with E-state index in [0.29, 0.717) is 0 Å². The van der Waals surface area contributed by atoms with Crippen LogP contribution in [0.1, 0.15) is 62.3 Å². The van der Waals surface area contributed by atoms with Crippen molar-refractivity contribution in [2.75, 3.05) is 55.5 Å². The topological polar surface area (TPSA) is 48.4 Å². The van der Waals surface area contributed by atoms with E-state index in [-0.39, 0.29) is 16.2 Å². The predicted octanol–water partition coefficient (Wildman–Crippen LogP) is 4.32. The lowest BCUT2D eigenvalue weighted by Gasteiger charge is -2.31. The molecule has 1 rings (SSSR count). The summed E-state index contributed by atoms with van der Waals surface area (Å²) in [5.41, 5.74) is 0.489. The Hall–Kier alpha value is -1.59. The molecule has 0 atom stereocenters. The monoisotopic (exact) mass is 378 g/mol. The fraction of sp³-hybridized carbons (Fsp3) is 0.857. The second-order valence-corrected chi connectivity index (χ2v) is 11.5. The number of aromatic nitrogens is 3. The molecular weight excluding hydrogens is 336 g/mol. The summed E-state index contributed by atoms with van der Waals surface area (Å²) in [5, 5.41) is 0. The van der Waals surface area contributed by atoms with Crippen molar-refractivity contribution in [2.24, 2.45) is 16.2 Å². The van der Waals surface area contributed by atoms with Gasteiger partial charge in [0.15, 0.2) is 0 Å². The van der Waals surface area contributed by atoms with Crippen molar-refractivity contribution in [2.45, 2.75) is 62.3 Å². The summed E-state index contributed by atoms with van der Waals surface area (Å²) in [6.45, 7) is 22.7. The van der Waals surface area contributed by atoms with Gasteiger partial charge in [0.2, 0.25) is 17.8 Å². The van der Waals surface area contributed by atoms with Crippen molar-refractivity contribution < 1.29 is 0 Å². The van der Waals surface area contributed by atoms with Gasteiger partial charge in [0.25, 0.3) is 0 Å². The van der Waals surface area contributed by atoms with E-state index in [1.54, 1.807) is 0 Å². The Bertz CT molecular complexity index is 509. The molecule has 0 saturated heterocycles. The summed E-state index contributed by atoms with van der Waals surface area (Å²) in [7, 11) is 6.17. The molecule has 0 saturated carbocycles. The third kappa shape index (κ3) is 8.76. The average molecular weight is 379 g/mol. The van der Waals surface area contributed by atoms with Gasteiger partial charge >= 0.3 is 0 Å². The van der Waals surface area contributed by atoms with Crippen molar-refractivity contribution in [1.29, 1.82) is 0 Å². The molecule has 27 heavy (non-hydrogen) atoms. The maximum absolute atomic E-state index is 4.78. The lowest BCUT2D eigenvalue weighted by Crippen LogP contribution is -2.35. The standard InChI is InChI=1S/C21H42N6/c1-19(2,3)13-25(10)16-22-17(26(11)14-20(4,5)6)24-18(23-16)27(12)15-21(7,8)9/h13-15H2,1-12H3. The fourth-order valence-electron chi connectivity index (χ4n) is 3.20. The number of hydrogen-bond donors (Lipinski definition) is 0. The lowest BCUT2D eigenvalue weighted by molar-refractivity contribution is 0.410. The number of nitrogens with zero attached hydrogens (tertiary/aromatic N) is 6. The molecular formula is C21H42N6. The normalized spacial score (nSPS) is 12.9. The Morgan fingerprint density at radius 1 is 0.481 bits per heavy atom. The molecule has 0 radical (unpaired) electrons. The Morgan fingerprint density at radius 2 is 0.667 bits per heavy atom. The molecule has 6 nitrogen and oxygen atoms in total. The van der Waals surface area contributed by atoms with E-state index in [2.05, 4.69) is 98.2 Å². The van der Waals surface area contributed by atoms with Crippen LogP contribution >= 0.6 is 0 Å². The van der Waals surface area contributed by atoms with Gasteiger partial charge in [-0.1, -0.05) is 62.3 Å². The molecule has 0 unspecified atom stereocenters. The molecule has 0 N–H and O–H groups in total. The first kappa shape index (κ1) is 23.4. The molecule has 0 aliphatic carbocycles. The zero-order chi connectivity index (χ0) is 21.2. The van der Waals surface area contributed by atoms with E-state index in [1.807, 2.05) is 0 Å². The largest absolute Gasteiger partial charge is 0.343 e. The van der Waals surface area contributed by atoms with Crippen LogP contribution in [-0.4, -0.2) is 55.7 Å². The van der Waals surface area contributed by atoms with E-state index in [1.165, 1.54) is 0 Å². The molecule has 0 aliphatic heterocycles. The zero-order valence-electron chi connectivity index (χ0n) is 19.8. The highest BCUT2D eigenvalue weighted by molar-refractivity contribution is 5.46. The zero-order valence-corrected chi connectivity index (χ0v) is 19.8. The maximum atomic E-state index is 4.78. The highest BCUT2D eigenvalue weighted by atomic mass is 15.4. The number of rotatable bonds is 6. The molecule has 0 fully saturated rings. The molecule has 6 heteroatoms. The molecule has 0 aromatic carbocycles. The summed E-state index contributed by atoms with van der Waals surface area (Å²) in [4.78, 5) is 20.7. The first-order valence-electron chi connectivity index (χ1n) is 9.86. The number of anilines is 3. The van der Waals surface area contributed by atoms with Gasteiger partial charge in [-0.2, -0.15) is 15.0 Å². The third-order valence-electron chi connectivity index (χ3n) is 3.76. The van der Waals surface area contributed by atoms with Crippen molar-refractivity contribution >= 4 is 17.8 Å². The molecule has 0 amide bonds. The quantitative estimate of drug-likeness (QED) is 0.735. The lowest BCUT2D eigenvalue weighted by atomic mass is 9.96. The van der Waals surface area contributed by atoms with Crippen LogP contribution < -0.4 is 14.7 Å². The Kier molecular flexibility index (Phi) is 7.11. The minimum Gasteiger partial charge on any atom is -0.343 e. The molecule has 1 heterocycles. The second kappa shape index (κ2) is 8.19. The van der Waals surface area contributed by atoms with Gasteiger partial charge < -0.3 is 14.7 Å². The van der Waals surface area contributed by atoms with Crippen LogP contribution in [0.3, 0.4) is 0 Å². The minimum absolute atomic E-state index is 0.163. The SMILES string of the molecule is CN(CC(C)(C)C)c1nc(N(C)CC(C)(C)C)nc(N(C)CC(C)(C)C)n1.